The number of rotatable bonds is 4. The normalized spacial score (nSPS) is 33.0. The molecule has 0 saturated carbocycles. The average molecular weight is 415 g/mol. The maximum Gasteiger partial charge on any atom is 0.397 e. The zero-order valence-electron chi connectivity index (χ0n) is 14.9. The van der Waals surface area contributed by atoms with Crippen LogP contribution in [-0.4, -0.2) is 69.7 Å². The van der Waals surface area contributed by atoms with Gasteiger partial charge < -0.3 is 20.3 Å². The zero-order chi connectivity index (χ0) is 20.2. The summed E-state index contributed by atoms with van der Waals surface area (Å²) in [6.45, 7) is 2.49. The first-order valence-corrected chi connectivity index (χ1v) is 10.3. The van der Waals surface area contributed by atoms with Gasteiger partial charge in [-0.2, -0.15) is 8.42 Å². The van der Waals surface area contributed by atoms with Crippen molar-refractivity contribution in [3.63, 3.8) is 0 Å². The molecule has 0 unspecified atom stereocenters. The monoisotopic (exact) mass is 415 g/mol. The second kappa shape index (κ2) is 6.69. The summed E-state index contributed by atoms with van der Waals surface area (Å²) in [5, 5.41) is 13.9. The van der Waals surface area contributed by atoms with Gasteiger partial charge in [0, 0.05) is 24.6 Å². The Morgan fingerprint density at radius 3 is 2.75 bits per heavy atom. The highest BCUT2D eigenvalue weighted by Gasteiger charge is 2.49. The molecule has 2 saturated heterocycles. The van der Waals surface area contributed by atoms with Crippen LogP contribution in [0.4, 0.5) is 0 Å². The number of hydrogen-bond acceptors (Lipinski definition) is 9. The molecule has 1 aromatic heterocycles. The number of fused-ring (bicyclic) bond motifs is 4. The van der Waals surface area contributed by atoms with Crippen LogP contribution in [-0.2, 0) is 14.6 Å². The van der Waals surface area contributed by atoms with Gasteiger partial charge in [0.25, 0.3) is 5.56 Å². The largest absolute Gasteiger partial charge is 0.397 e. The molecule has 0 amide bonds. The zero-order valence-corrected chi connectivity index (χ0v) is 15.7. The first-order valence-electron chi connectivity index (χ1n) is 8.89. The molecule has 2 fully saturated rings. The maximum absolute atomic E-state index is 11.5. The third-order valence-corrected chi connectivity index (χ3v) is 5.98. The van der Waals surface area contributed by atoms with Crippen molar-refractivity contribution in [2.45, 2.75) is 50.1 Å². The van der Waals surface area contributed by atoms with E-state index in [0.29, 0.717) is 18.9 Å². The van der Waals surface area contributed by atoms with Gasteiger partial charge in [0.1, 0.15) is 6.10 Å². The number of nitrogens with one attached hydrogen (secondary N) is 3. The van der Waals surface area contributed by atoms with Gasteiger partial charge in [0.15, 0.2) is 5.96 Å². The lowest BCUT2D eigenvalue weighted by Crippen LogP contribution is -2.52. The predicted molar refractivity (Wildman–Crippen MR) is 96.1 cm³/mol. The molecule has 0 spiro atoms. The smallest absolute Gasteiger partial charge is 0.385 e. The van der Waals surface area contributed by atoms with E-state index in [0.717, 1.165) is 6.07 Å². The number of nitrogens with zero attached hydrogens (tertiary/aromatic N) is 2. The van der Waals surface area contributed by atoms with Crippen molar-refractivity contribution < 1.29 is 22.3 Å². The first kappa shape index (κ1) is 19.1. The molecular weight excluding hydrogens is 394 g/mol. The standard InChI is InChI=1S/C15H21N5O7S/c1-6-10-5-20(10)14-16-7(3-11(6)27-28(24,25)26)2-8(17-14)13(22)9-4-12(21)19-15(23)18-9/h4,6-8,10-11,13,22H,2-3,5H2,1H3,(H,16,17)(H,24,25,26)(H2,18,19,21,23)/t6-,7+,8-,10-,11+,13+,20?/m1/s1. The summed E-state index contributed by atoms with van der Waals surface area (Å²) in [6.07, 6.45) is -1.36. The van der Waals surface area contributed by atoms with Crippen LogP contribution >= 0.6 is 0 Å². The highest BCUT2D eigenvalue weighted by Crippen LogP contribution is 2.37. The van der Waals surface area contributed by atoms with Crippen molar-refractivity contribution in [2.24, 2.45) is 10.9 Å². The van der Waals surface area contributed by atoms with Crippen LogP contribution in [0.3, 0.4) is 0 Å². The molecule has 12 nitrogen and oxygen atoms in total. The van der Waals surface area contributed by atoms with Gasteiger partial charge in [0.05, 0.1) is 23.9 Å². The summed E-state index contributed by atoms with van der Waals surface area (Å²) in [6, 6.07) is 0.169. The average Bonchev–Trinajstić information content (AvgIpc) is 3.37. The Bertz CT molecular complexity index is 990. The Labute approximate surface area is 159 Å². The lowest BCUT2D eigenvalue weighted by Gasteiger charge is -2.37. The summed E-state index contributed by atoms with van der Waals surface area (Å²) in [5.74, 6) is 0.428. The van der Waals surface area contributed by atoms with Gasteiger partial charge >= 0.3 is 16.1 Å². The van der Waals surface area contributed by atoms with E-state index < -0.39 is 39.9 Å². The third kappa shape index (κ3) is 3.83. The number of guanidine groups is 1. The van der Waals surface area contributed by atoms with Crippen LogP contribution in [0.2, 0.25) is 0 Å². The predicted octanol–water partition coefficient (Wildman–Crippen LogP) is -1.90. The SMILES string of the molecule is C[C@H]1[C@@H](OS(=O)(=O)O)C[C@@H]2C[C@H]([C@H](O)c3cc(=O)[nH]c(=O)[nH]3)N=C(N2)N2C[C@H]12. The van der Waals surface area contributed by atoms with E-state index in [1.165, 1.54) is 0 Å². The van der Waals surface area contributed by atoms with E-state index in [1.807, 2.05) is 16.8 Å². The molecule has 2 bridgehead atoms. The number of H-pyrrole nitrogens is 2. The van der Waals surface area contributed by atoms with Crippen LogP contribution in [0.5, 0.6) is 0 Å². The Hall–Kier alpha value is -2.22. The molecule has 3 aliphatic rings. The van der Waals surface area contributed by atoms with Gasteiger partial charge in [-0.1, -0.05) is 6.92 Å². The fraction of sp³-hybridized carbons (Fsp3) is 0.667. The molecule has 4 rings (SSSR count). The molecule has 154 valence electrons. The van der Waals surface area contributed by atoms with Crippen molar-refractivity contribution in [3.8, 4) is 0 Å². The first-order chi connectivity index (χ1) is 13.1. The summed E-state index contributed by atoms with van der Waals surface area (Å²) in [4.78, 5) is 33.9. The molecule has 0 radical (unpaired) electrons. The highest BCUT2D eigenvalue weighted by molar-refractivity contribution is 7.80. The number of aromatic amines is 2. The summed E-state index contributed by atoms with van der Waals surface area (Å²) in [5.41, 5.74) is -1.30. The van der Waals surface area contributed by atoms with E-state index in [9.17, 15) is 23.1 Å². The van der Waals surface area contributed by atoms with Crippen LogP contribution in [0.25, 0.3) is 0 Å². The summed E-state index contributed by atoms with van der Waals surface area (Å²) in [7, 11) is -4.60. The van der Waals surface area contributed by atoms with E-state index in [4.69, 9.17) is 8.74 Å². The molecular formula is C15H21N5O7S. The molecule has 0 aliphatic carbocycles. The lowest BCUT2D eigenvalue weighted by molar-refractivity contribution is 0.0872. The Morgan fingerprint density at radius 2 is 2.07 bits per heavy atom. The molecule has 3 aliphatic heterocycles. The van der Waals surface area contributed by atoms with Crippen molar-refractivity contribution >= 4 is 16.4 Å². The molecule has 6 atom stereocenters. The number of hydrogen-bond donors (Lipinski definition) is 5. The van der Waals surface area contributed by atoms with Crippen molar-refractivity contribution in [1.29, 1.82) is 0 Å². The van der Waals surface area contributed by atoms with Gasteiger partial charge in [0.2, 0.25) is 0 Å². The summed E-state index contributed by atoms with van der Waals surface area (Å²) >= 11 is 0. The molecule has 0 aromatic carbocycles. The molecule has 5 N–H and O–H groups in total. The topological polar surface area (TPSA) is 177 Å². The van der Waals surface area contributed by atoms with E-state index in [-0.39, 0.29) is 30.1 Å². The van der Waals surface area contributed by atoms with Gasteiger partial charge in [-0.05, 0) is 12.8 Å². The fourth-order valence-electron chi connectivity index (χ4n) is 4.02. The Morgan fingerprint density at radius 1 is 1.32 bits per heavy atom. The van der Waals surface area contributed by atoms with Crippen molar-refractivity contribution in [2.75, 3.05) is 6.54 Å². The molecule has 28 heavy (non-hydrogen) atoms. The second-order valence-electron chi connectivity index (χ2n) is 7.46. The minimum absolute atomic E-state index is 0.00535. The van der Waals surface area contributed by atoms with E-state index >= 15 is 0 Å². The molecule has 4 heterocycles. The number of aliphatic hydroxyl groups excluding tert-OH is 1. The lowest BCUT2D eigenvalue weighted by atomic mass is 9.89. The van der Waals surface area contributed by atoms with Gasteiger partial charge in [-0.15, -0.1) is 0 Å². The van der Waals surface area contributed by atoms with Crippen LogP contribution in [0.1, 0.15) is 31.6 Å². The Balaban J connectivity index is 1.61. The van der Waals surface area contributed by atoms with Crippen molar-refractivity contribution in [1.82, 2.24) is 20.2 Å². The number of aliphatic imine (C=N–C) groups is 1. The van der Waals surface area contributed by atoms with Crippen LogP contribution in [0.15, 0.2) is 20.6 Å². The third-order valence-electron chi connectivity index (χ3n) is 5.49. The minimum Gasteiger partial charge on any atom is -0.385 e. The van der Waals surface area contributed by atoms with Gasteiger partial charge in [-0.25, -0.2) is 14.0 Å². The molecule has 1 aromatic rings. The molecule has 13 heteroatoms. The van der Waals surface area contributed by atoms with Gasteiger partial charge in [-0.3, -0.25) is 14.3 Å². The fourth-order valence-corrected chi connectivity index (χ4v) is 4.59. The van der Waals surface area contributed by atoms with Crippen molar-refractivity contribution in [3.05, 3.63) is 32.6 Å². The number of aromatic nitrogens is 2. The maximum atomic E-state index is 11.5. The van der Waals surface area contributed by atoms with Crippen LogP contribution < -0.4 is 16.6 Å². The highest BCUT2D eigenvalue weighted by atomic mass is 32.3. The second-order valence-corrected chi connectivity index (χ2v) is 8.51. The minimum atomic E-state index is -4.60. The van der Waals surface area contributed by atoms with Crippen LogP contribution in [0, 0.1) is 5.92 Å². The van der Waals surface area contributed by atoms with E-state index in [1.54, 1.807) is 0 Å². The Kier molecular flexibility index (Phi) is 4.56. The number of aliphatic hydroxyl groups is 1. The quantitative estimate of drug-likeness (QED) is 0.277. The summed E-state index contributed by atoms with van der Waals surface area (Å²) < 4.78 is 36.4. The van der Waals surface area contributed by atoms with E-state index in [2.05, 4.69) is 15.3 Å².